The summed E-state index contributed by atoms with van der Waals surface area (Å²) >= 11 is 0. The number of ether oxygens (including phenoxy) is 3. The van der Waals surface area contributed by atoms with Crippen LogP contribution in [0.2, 0.25) is 0 Å². The van der Waals surface area contributed by atoms with Gasteiger partial charge in [-0.3, -0.25) is 16.3 Å². The molecule has 0 amide bonds. The van der Waals surface area contributed by atoms with Crippen molar-refractivity contribution in [1.82, 2.24) is 10.4 Å². The van der Waals surface area contributed by atoms with Crippen molar-refractivity contribution in [3.8, 4) is 5.75 Å². The van der Waals surface area contributed by atoms with Crippen LogP contribution in [0.1, 0.15) is 24.4 Å². The molecule has 0 radical (unpaired) electrons. The molecule has 1 aromatic heterocycles. The summed E-state index contributed by atoms with van der Waals surface area (Å²) in [6.45, 7) is 1.34. The molecule has 1 saturated heterocycles. The van der Waals surface area contributed by atoms with E-state index in [1.807, 2.05) is 6.07 Å². The van der Waals surface area contributed by atoms with Gasteiger partial charge in [-0.25, -0.2) is 0 Å². The van der Waals surface area contributed by atoms with Gasteiger partial charge in [0.25, 0.3) is 0 Å². The summed E-state index contributed by atoms with van der Waals surface area (Å²) in [6, 6.07) is 1.78. The maximum atomic E-state index is 5.77. The Balaban J connectivity index is 2.30. The lowest BCUT2D eigenvalue weighted by Crippen LogP contribution is -2.51. The van der Waals surface area contributed by atoms with Crippen molar-refractivity contribution < 1.29 is 14.2 Å². The number of nitrogens with two attached hydrogens (primary N) is 1. The Kier molecular flexibility index (Phi) is 4.71. The van der Waals surface area contributed by atoms with Crippen LogP contribution in [0, 0.1) is 0 Å². The van der Waals surface area contributed by atoms with E-state index in [-0.39, 0.29) is 11.6 Å². The number of pyridine rings is 1. The molecule has 1 unspecified atom stereocenters. The predicted octanol–water partition coefficient (Wildman–Crippen LogP) is 0.790. The summed E-state index contributed by atoms with van der Waals surface area (Å²) in [5.74, 6) is 6.45. The molecule has 0 aromatic carbocycles. The minimum atomic E-state index is -0.374. The molecule has 1 aliphatic rings. The standard InChI is InChI=1S/C13H21N3O3/c1-17-11-7-10(8-15-9-11)12(16-14)13(18-2)3-5-19-6-4-13/h7-9,12,16H,3-6,14H2,1-2H3. The SMILES string of the molecule is COc1cncc(C(NN)C2(OC)CCOCC2)c1. The highest BCUT2D eigenvalue weighted by molar-refractivity contribution is 5.28. The van der Waals surface area contributed by atoms with Crippen molar-refractivity contribution in [2.24, 2.45) is 5.84 Å². The van der Waals surface area contributed by atoms with Crippen molar-refractivity contribution in [3.05, 3.63) is 24.0 Å². The zero-order valence-corrected chi connectivity index (χ0v) is 11.4. The number of nitrogens with zero attached hydrogens (tertiary/aromatic N) is 1. The lowest BCUT2D eigenvalue weighted by Gasteiger charge is -2.42. The lowest BCUT2D eigenvalue weighted by molar-refractivity contribution is -0.111. The molecular formula is C13H21N3O3. The first-order valence-electron chi connectivity index (χ1n) is 6.34. The van der Waals surface area contributed by atoms with Gasteiger partial charge in [-0.2, -0.15) is 0 Å². The summed E-state index contributed by atoms with van der Waals surface area (Å²) in [7, 11) is 3.33. The Labute approximate surface area is 113 Å². The van der Waals surface area contributed by atoms with Crippen molar-refractivity contribution in [1.29, 1.82) is 0 Å². The van der Waals surface area contributed by atoms with Crippen molar-refractivity contribution in [2.75, 3.05) is 27.4 Å². The number of nitrogens with one attached hydrogen (secondary N) is 1. The number of hydrogen-bond acceptors (Lipinski definition) is 6. The highest BCUT2D eigenvalue weighted by Gasteiger charge is 2.41. The average Bonchev–Trinajstić information content (AvgIpc) is 2.49. The monoisotopic (exact) mass is 267 g/mol. The van der Waals surface area contributed by atoms with Gasteiger partial charge in [-0.05, 0) is 11.6 Å². The summed E-state index contributed by atoms with van der Waals surface area (Å²) in [5, 5.41) is 0. The van der Waals surface area contributed by atoms with E-state index < -0.39 is 0 Å². The quantitative estimate of drug-likeness (QED) is 0.606. The molecule has 6 nitrogen and oxygen atoms in total. The minimum absolute atomic E-state index is 0.149. The molecule has 3 N–H and O–H groups in total. The third kappa shape index (κ3) is 2.87. The summed E-state index contributed by atoms with van der Waals surface area (Å²) in [5.41, 5.74) is 3.43. The molecule has 2 heterocycles. The van der Waals surface area contributed by atoms with Gasteiger partial charge in [0.1, 0.15) is 5.75 Å². The molecule has 0 bridgehead atoms. The summed E-state index contributed by atoms with van der Waals surface area (Å²) < 4.78 is 16.4. The molecular weight excluding hydrogens is 246 g/mol. The van der Waals surface area contributed by atoms with Gasteiger partial charge in [0.15, 0.2) is 0 Å². The first kappa shape index (κ1) is 14.2. The van der Waals surface area contributed by atoms with Gasteiger partial charge in [-0.15, -0.1) is 0 Å². The fourth-order valence-corrected chi connectivity index (χ4v) is 2.58. The van der Waals surface area contributed by atoms with E-state index >= 15 is 0 Å². The van der Waals surface area contributed by atoms with Crippen LogP contribution < -0.4 is 16.0 Å². The Hall–Kier alpha value is -1.21. The molecule has 1 fully saturated rings. The molecule has 1 atom stereocenters. The Morgan fingerprint density at radius 3 is 2.68 bits per heavy atom. The summed E-state index contributed by atoms with van der Waals surface area (Å²) in [4.78, 5) is 4.18. The molecule has 1 aromatic rings. The normalized spacial score (nSPS) is 19.9. The molecule has 19 heavy (non-hydrogen) atoms. The van der Waals surface area contributed by atoms with E-state index in [0.717, 1.165) is 18.4 Å². The van der Waals surface area contributed by atoms with Crippen LogP contribution in [0.4, 0.5) is 0 Å². The predicted molar refractivity (Wildman–Crippen MR) is 70.6 cm³/mol. The highest BCUT2D eigenvalue weighted by Crippen LogP contribution is 2.37. The second kappa shape index (κ2) is 6.29. The third-order valence-corrected chi connectivity index (χ3v) is 3.74. The van der Waals surface area contributed by atoms with E-state index in [2.05, 4.69) is 10.4 Å². The van der Waals surface area contributed by atoms with Crippen LogP contribution in [-0.2, 0) is 9.47 Å². The molecule has 0 spiro atoms. The van der Waals surface area contributed by atoms with Crippen molar-refractivity contribution in [2.45, 2.75) is 24.5 Å². The topological polar surface area (TPSA) is 78.6 Å². The smallest absolute Gasteiger partial charge is 0.137 e. The fourth-order valence-electron chi connectivity index (χ4n) is 2.58. The average molecular weight is 267 g/mol. The van der Waals surface area contributed by atoms with Crippen LogP contribution in [0.15, 0.2) is 18.5 Å². The first-order chi connectivity index (χ1) is 9.25. The van der Waals surface area contributed by atoms with Gasteiger partial charge < -0.3 is 14.2 Å². The van der Waals surface area contributed by atoms with Crippen molar-refractivity contribution in [3.63, 3.8) is 0 Å². The van der Waals surface area contributed by atoms with Crippen LogP contribution >= 0.6 is 0 Å². The van der Waals surface area contributed by atoms with Gasteiger partial charge in [0.05, 0.1) is 24.9 Å². The first-order valence-corrected chi connectivity index (χ1v) is 6.34. The minimum Gasteiger partial charge on any atom is -0.495 e. The number of methoxy groups -OCH3 is 2. The van der Waals surface area contributed by atoms with E-state index in [0.29, 0.717) is 19.0 Å². The van der Waals surface area contributed by atoms with E-state index in [1.54, 1.807) is 26.6 Å². The van der Waals surface area contributed by atoms with E-state index in [1.165, 1.54) is 0 Å². The van der Waals surface area contributed by atoms with E-state index in [9.17, 15) is 0 Å². The maximum Gasteiger partial charge on any atom is 0.137 e. The maximum absolute atomic E-state index is 5.77. The highest BCUT2D eigenvalue weighted by atomic mass is 16.5. The second-order valence-corrected chi connectivity index (χ2v) is 4.64. The number of rotatable bonds is 5. The summed E-state index contributed by atoms with van der Waals surface area (Å²) in [6.07, 6.45) is 5.02. The Bertz CT molecular complexity index is 408. The largest absolute Gasteiger partial charge is 0.495 e. The second-order valence-electron chi connectivity index (χ2n) is 4.64. The van der Waals surface area contributed by atoms with Gasteiger partial charge in [-0.1, -0.05) is 0 Å². The zero-order valence-electron chi connectivity index (χ0n) is 11.4. The fraction of sp³-hybridized carbons (Fsp3) is 0.615. The van der Waals surface area contributed by atoms with Crippen LogP contribution in [0.5, 0.6) is 5.75 Å². The van der Waals surface area contributed by atoms with Crippen LogP contribution in [0.25, 0.3) is 0 Å². The Morgan fingerprint density at radius 1 is 1.37 bits per heavy atom. The van der Waals surface area contributed by atoms with Crippen LogP contribution in [0.3, 0.4) is 0 Å². The lowest BCUT2D eigenvalue weighted by atomic mass is 9.83. The zero-order chi connectivity index (χ0) is 13.7. The molecule has 106 valence electrons. The van der Waals surface area contributed by atoms with E-state index in [4.69, 9.17) is 20.1 Å². The van der Waals surface area contributed by atoms with Crippen molar-refractivity contribution >= 4 is 0 Å². The number of hydrazine groups is 1. The molecule has 6 heteroatoms. The van der Waals surface area contributed by atoms with Gasteiger partial charge in [0, 0.05) is 39.4 Å². The third-order valence-electron chi connectivity index (χ3n) is 3.74. The number of aromatic nitrogens is 1. The van der Waals surface area contributed by atoms with Crippen LogP contribution in [-0.4, -0.2) is 38.0 Å². The molecule has 0 saturated carbocycles. The molecule has 2 rings (SSSR count). The molecule has 0 aliphatic carbocycles. The molecule has 1 aliphatic heterocycles. The van der Waals surface area contributed by atoms with Gasteiger partial charge in [0.2, 0.25) is 0 Å². The number of hydrogen-bond donors (Lipinski definition) is 2. The Morgan fingerprint density at radius 2 is 2.11 bits per heavy atom. The van der Waals surface area contributed by atoms with Gasteiger partial charge >= 0.3 is 0 Å².